The first-order chi connectivity index (χ1) is 8.79. The van der Waals surface area contributed by atoms with Gasteiger partial charge in [-0.25, -0.2) is 4.98 Å². The Hall–Kier alpha value is -1.68. The number of carbonyl (C=O) groups is 1. The van der Waals surface area contributed by atoms with Crippen LogP contribution in [0.15, 0.2) is 24.5 Å². The molecule has 1 aliphatic heterocycles. The van der Waals surface area contributed by atoms with Gasteiger partial charge in [0.1, 0.15) is 5.65 Å². The third-order valence-corrected chi connectivity index (χ3v) is 3.77. The highest BCUT2D eigenvalue weighted by molar-refractivity contribution is 5.84. The van der Waals surface area contributed by atoms with E-state index in [9.17, 15) is 4.79 Å². The Kier molecular flexibility index (Phi) is 2.88. The smallest absolute Gasteiger partial charge is 0.153 e. The molecule has 3 rings (SSSR count). The van der Waals surface area contributed by atoms with Crippen LogP contribution >= 0.6 is 0 Å². The molecule has 0 N–H and O–H groups in total. The fourth-order valence-electron chi connectivity index (χ4n) is 2.76. The van der Waals surface area contributed by atoms with E-state index in [1.54, 1.807) is 0 Å². The maximum atomic E-state index is 11.0. The lowest BCUT2D eigenvalue weighted by atomic mass is 10.0. The van der Waals surface area contributed by atoms with E-state index >= 15 is 0 Å². The Morgan fingerprint density at radius 1 is 1.44 bits per heavy atom. The number of imidazole rings is 1. The van der Waals surface area contributed by atoms with E-state index in [4.69, 9.17) is 0 Å². The standard InChI is InChI=1S/C14H17N3O/c1-16-7-3-2-6-13(16)12-9-17-8-4-5-11(10-18)14(17)15-12/h4-5,8-10,13H,2-3,6-7H2,1H3. The summed E-state index contributed by atoms with van der Waals surface area (Å²) < 4.78 is 1.95. The van der Waals surface area contributed by atoms with E-state index < -0.39 is 0 Å². The molecule has 0 aromatic carbocycles. The zero-order valence-electron chi connectivity index (χ0n) is 10.5. The second-order valence-electron chi connectivity index (χ2n) is 4.97. The summed E-state index contributed by atoms with van der Waals surface area (Å²) in [5, 5.41) is 0. The molecule has 0 spiro atoms. The topological polar surface area (TPSA) is 37.6 Å². The van der Waals surface area contributed by atoms with Gasteiger partial charge in [0.2, 0.25) is 0 Å². The molecule has 0 radical (unpaired) electrons. The van der Waals surface area contributed by atoms with Crippen molar-refractivity contribution in [2.75, 3.05) is 13.6 Å². The lowest BCUT2D eigenvalue weighted by molar-refractivity contribution is 0.112. The van der Waals surface area contributed by atoms with E-state index in [2.05, 4.69) is 23.1 Å². The van der Waals surface area contributed by atoms with Gasteiger partial charge in [-0.15, -0.1) is 0 Å². The van der Waals surface area contributed by atoms with Crippen LogP contribution in [0.25, 0.3) is 5.65 Å². The maximum Gasteiger partial charge on any atom is 0.153 e. The van der Waals surface area contributed by atoms with Crippen LogP contribution in [0.1, 0.15) is 41.4 Å². The largest absolute Gasteiger partial charge is 0.306 e. The molecule has 0 aliphatic carbocycles. The van der Waals surface area contributed by atoms with Crippen LogP contribution in [0.3, 0.4) is 0 Å². The molecule has 0 bridgehead atoms. The molecule has 94 valence electrons. The second kappa shape index (κ2) is 4.53. The number of aromatic nitrogens is 2. The quantitative estimate of drug-likeness (QED) is 0.760. The Balaban J connectivity index is 2.05. The summed E-state index contributed by atoms with van der Waals surface area (Å²) in [4.78, 5) is 18.0. The molecule has 2 aromatic rings. The van der Waals surface area contributed by atoms with Crippen LogP contribution < -0.4 is 0 Å². The van der Waals surface area contributed by atoms with Crippen molar-refractivity contribution in [3.63, 3.8) is 0 Å². The van der Waals surface area contributed by atoms with E-state index in [-0.39, 0.29) is 0 Å². The van der Waals surface area contributed by atoms with E-state index in [1.807, 2.05) is 22.7 Å². The summed E-state index contributed by atoms with van der Waals surface area (Å²) in [5.74, 6) is 0. The van der Waals surface area contributed by atoms with Gasteiger partial charge in [-0.1, -0.05) is 6.42 Å². The third kappa shape index (κ3) is 1.82. The molecule has 2 aromatic heterocycles. The summed E-state index contributed by atoms with van der Waals surface area (Å²) in [6, 6.07) is 4.08. The maximum absolute atomic E-state index is 11.0. The van der Waals surface area contributed by atoms with Gasteiger partial charge in [0.05, 0.1) is 17.3 Å². The van der Waals surface area contributed by atoms with Gasteiger partial charge in [-0.3, -0.25) is 9.69 Å². The third-order valence-electron chi connectivity index (χ3n) is 3.77. The van der Waals surface area contributed by atoms with Gasteiger partial charge in [-0.2, -0.15) is 0 Å². The zero-order chi connectivity index (χ0) is 12.5. The molecule has 4 nitrogen and oxygen atoms in total. The molecular formula is C14H17N3O. The number of aldehydes is 1. The van der Waals surface area contributed by atoms with Crippen LogP contribution in [-0.2, 0) is 0 Å². The molecule has 1 atom stereocenters. The van der Waals surface area contributed by atoms with Crippen LogP contribution in [0.2, 0.25) is 0 Å². The number of nitrogens with zero attached hydrogens (tertiary/aromatic N) is 3. The summed E-state index contributed by atoms with van der Waals surface area (Å²) in [7, 11) is 2.15. The number of rotatable bonds is 2. The van der Waals surface area contributed by atoms with Crippen LogP contribution in [0.5, 0.6) is 0 Å². The lowest BCUT2D eigenvalue weighted by Gasteiger charge is -2.31. The second-order valence-corrected chi connectivity index (χ2v) is 4.97. The Morgan fingerprint density at radius 2 is 2.33 bits per heavy atom. The average Bonchev–Trinajstić information content (AvgIpc) is 2.82. The minimum atomic E-state index is 0.387. The summed E-state index contributed by atoms with van der Waals surface area (Å²) in [6.07, 6.45) is 8.54. The fraction of sp³-hybridized carbons (Fsp3) is 0.429. The molecule has 3 heterocycles. The van der Waals surface area contributed by atoms with Crippen molar-refractivity contribution in [3.05, 3.63) is 35.8 Å². The summed E-state index contributed by atoms with van der Waals surface area (Å²) >= 11 is 0. The van der Waals surface area contributed by atoms with Gasteiger partial charge in [-0.05, 0) is 38.6 Å². The number of hydrogen-bond donors (Lipinski definition) is 0. The molecule has 1 unspecified atom stereocenters. The molecule has 0 saturated carbocycles. The van der Waals surface area contributed by atoms with E-state index in [0.29, 0.717) is 11.6 Å². The molecule has 18 heavy (non-hydrogen) atoms. The predicted octanol–water partition coefficient (Wildman–Crippen LogP) is 2.30. The minimum Gasteiger partial charge on any atom is -0.306 e. The molecule has 0 amide bonds. The molecule has 1 fully saturated rings. The number of likely N-dealkylation sites (tertiary alicyclic amines) is 1. The van der Waals surface area contributed by atoms with Crippen LogP contribution in [0, 0.1) is 0 Å². The van der Waals surface area contributed by atoms with Gasteiger partial charge in [0, 0.05) is 12.4 Å². The average molecular weight is 243 g/mol. The summed E-state index contributed by atoms with van der Waals surface area (Å²) in [5.41, 5.74) is 2.50. The van der Waals surface area contributed by atoms with Crippen molar-refractivity contribution in [1.82, 2.24) is 14.3 Å². The number of hydrogen-bond acceptors (Lipinski definition) is 3. The van der Waals surface area contributed by atoms with Gasteiger partial charge in [0.25, 0.3) is 0 Å². The highest BCUT2D eigenvalue weighted by Gasteiger charge is 2.23. The fourth-order valence-corrected chi connectivity index (χ4v) is 2.76. The lowest BCUT2D eigenvalue weighted by Crippen LogP contribution is -2.29. The van der Waals surface area contributed by atoms with E-state index in [1.165, 1.54) is 12.8 Å². The van der Waals surface area contributed by atoms with Crippen molar-refractivity contribution < 1.29 is 4.79 Å². The Bertz CT molecular complexity index is 575. The van der Waals surface area contributed by atoms with Crippen LogP contribution in [-0.4, -0.2) is 34.2 Å². The van der Waals surface area contributed by atoms with Crippen molar-refractivity contribution in [1.29, 1.82) is 0 Å². The number of piperidine rings is 1. The van der Waals surface area contributed by atoms with Crippen molar-refractivity contribution >= 4 is 11.9 Å². The van der Waals surface area contributed by atoms with Gasteiger partial charge in [0.15, 0.2) is 6.29 Å². The monoisotopic (exact) mass is 243 g/mol. The highest BCUT2D eigenvalue weighted by Crippen LogP contribution is 2.29. The van der Waals surface area contributed by atoms with Crippen molar-refractivity contribution in [2.24, 2.45) is 0 Å². The van der Waals surface area contributed by atoms with Gasteiger partial charge >= 0.3 is 0 Å². The first-order valence-corrected chi connectivity index (χ1v) is 6.42. The zero-order valence-corrected chi connectivity index (χ0v) is 10.5. The molecule has 1 saturated heterocycles. The number of fused-ring (bicyclic) bond motifs is 1. The van der Waals surface area contributed by atoms with Crippen LogP contribution in [0.4, 0.5) is 0 Å². The number of carbonyl (C=O) groups excluding carboxylic acids is 1. The normalized spacial score (nSPS) is 21.3. The summed E-state index contributed by atoms with van der Waals surface area (Å²) in [6.45, 7) is 1.12. The molecular weight excluding hydrogens is 226 g/mol. The van der Waals surface area contributed by atoms with Crippen molar-refractivity contribution in [3.8, 4) is 0 Å². The molecule has 4 heteroatoms. The van der Waals surface area contributed by atoms with Gasteiger partial charge < -0.3 is 4.40 Å². The first kappa shape index (κ1) is 11.4. The molecule has 1 aliphatic rings. The minimum absolute atomic E-state index is 0.387. The van der Waals surface area contributed by atoms with Crippen molar-refractivity contribution in [2.45, 2.75) is 25.3 Å². The Morgan fingerprint density at radius 3 is 3.11 bits per heavy atom. The highest BCUT2D eigenvalue weighted by atomic mass is 16.1. The predicted molar refractivity (Wildman–Crippen MR) is 69.8 cm³/mol. The number of pyridine rings is 1. The first-order valence-electron chi connectivity index (χ1n) is 6.42. The Labute approximate surface area is 106 Å². The SMILES string of the molecule is CN1CCCCC1c1cn2cccc(C=O)c2n1. The van der Waals surface area contributed by atoms with E-state index in [0.717, 1.165) is 30.6 Å².